The zero-order chi connectivity index (χ0) is 15.5. The largest absolute Gasteiger partial charge is 0.304 e. The number of nitrogens with one attached hydrogen (secondary N) is 1. The molecule has 0 radical (unpaired) electrons. The Bertz CT molecular complexity index is 639. The lowest BCUT2D eigenvalue weighted by atomic mass is 9.94. The van der Waals surface area contributed by atoms with Crippen LogP contribution in [0.15, 0.2) is 53.0 Å². The molecule has 5 heteroatoms. The van der Waals surface area contributed by atoms with Gasteiger partial charge >= 0.3 is 0 Å². The average Bonchev–Trinajstić information content (AvgIpc) is 2.46. The summed E-state index contributed by atoms with van der Waals surface area (Å²) in [5.74, 6) is 0. The van der Waals surface area contributed by atoms with Crippen LogP contribution in [0.4, 0.5) is 5.69 Å². The number of rotatable bonds is 5. The van der Waals surface area contributed by atoms with E-state index < -0.39 is 0 Å². The number of nitro benzene ring substituents is 1. The van der Waals surface area contributed by atoms with Crippen LogP contribution in [0.5, 0.6) is 0 Å². The van der Waals surface area contributed by atoms with Gasteiger partial charge in [-0.25, -0.2) is 0 Å². The minimum Gasteiger partial charge on any atom is -0.304 e. The fraction of sp³-hybridized carbons (Fsp3) is 0.250. The van der Waals surface area contributed by atoms with E-state index in [0.29, 0.717) is 6.54 Å². The van der Waals surface area contributed by atoms with Crippen LogP contribution in [0.3, 0.4) is 0 Å². The van der Waals surface area contributed by atoms with Crippen LogP contribution in [0, 0.1) is 10.1 Å². The lowest BCUT2D eigenvalue weighted by Gasteiger charge is -2.27. The summed E-state index contributed by atoms with van der Waals surface area (Å²) in [6.07, 6.45) is 0. The van der Waals surface area contributed by atoms with E-state index >= 15 is 0 Å². The second-order valence-electron chi connectivity index (χ2n) is 5.41. The van der Waals surface area contributed by atoms with Gasteiger partial charge in [0, 0.05) is 28.7 Å². The Balaban J connectivity index is 2.09. The molecular weight excluding hydrogens is 332 g/mol. The molecule has 0 aliphatic heterocycles. The van der Waals surface area contributed by atoms with Crippen molar-refractivity contribution in [1.82, 2.24) is 5.32 Å². The lowest BCUT2D eigenvalue weighted by molar-refractivity contribution is -0.384. The standard InChI is InChI=1S/C16H17BrN2O2/c1-16(2,13-6-8-14(17)9-7-13)18-11-12-4-3-5-15(10-12)19(20)21/h3-10,18H,11H2,1-2H3. The number of benzene rings is 2. The number of nitro groups is 1. The van der Waals surface area contributed by atoms with Gasteiger partial charge in [-0.05, 0) is 37.1 Å². The van der Waals surface area contributed by atoms with Crippen molar-refractivity contribution in [3.05, 3.63) is 74.2 Å². The molecule has 0 unspecified atom stereocenters. The number of halogens is 1. The molecule has 0 bridgehead atoms. The van der Waals surface area contributed by atoms with Crippen LogP contribution < -0.4 is 5.32 Å². The molecule has 0 atom stereocenters. The lowest BCUT2D eigenvalue weighted by Crippen LogP contribution is -2.35. The number of non-ortho nitro benzene ring substituents is 1. The molecular formula is C16H17BrN2O2. The molecule has 21 heavy (non-hydrogen) atoms. The van der Waals surface area contributed by atoms with Crippen molar-refractivity contribution < 1.29 is 4.92 Å². The van der Waals surface area contributed by atoms with Crippen LogP contribution in [0.2, 0.25) is 0 Å². The first kappa shape index (κ1) is 15.7. The van der Waals surface area contributed by atoms with Gasteiger partial charge in [-0.3, -0.25) is 10.1 Å². The highest BCUT2D eigenvalue weighted by Crippen LogP contribution is 2.23. The first-order valence-corrected chi connectivity index (χ1v) is 7.42. The second kappa shape index (κ2) is 6.37. The van der Waals surface area contributed by atoms with Crippen molar-refractivity contribution in [3.8, 4) is 0 Å². The minimum absolute atomic E-state index is 0.121. The molecule has 0 spiro atoms. The van der Waals surface area contributed by atoms with E-state index in [0.717, 1.165) is 15.6 Å². The van der Waals surface area contributed by atoms with E-state index in [-0.39, 0.29) is 16.1 Å². The van der Waals surface area contributed by atoms with Crippen molar-refractivity contribution in [2.75, 3.05) is 0 Å². The maximum Gasteiger partial charge on any atom is 0.269 e. The molecule has 0 fully saturated rings. The molecule has 0 aliphatic carbocycles. The zero-order valence-corrected chi connectivity index (χ0v) is 13.6. The number of hydrogen-bond donors (Lipinski definition) is 1. The Labute approximate surface area is 132 Å². The summed E-state index contributed by atoms with van der Waals surface area (Å²) in [5.41, 5.74) is 1.96. The van der Waals surface area contributed by atoms with E-state index in [1.165, 1.54) is 6.07 Å². The summed E-state index contributed by atoms with van der Waals surface area (Å²) in [6, 6.07) is 14.8. The van der Waals surface area contributed by atoms with E-state index in [2.05, 4.69) is 47.2 Å². The van der Waals surface area contributed by atoms with Crippen molar-refractivity contribution in [2.24, 2.45) is 0 Å². The predicted octanol–water partition coefficient (Wildman–Crippen LogP) is 4.38. The van der Waals surface area contributed by atoms with Crippen LogP contribution in [0.1, 0.15) is 25.0 Å². The van der Waals surface area contributed by atoms with Gasteiger partial charge in [-0.1, -0.05) is 40.2 Å². The Hall–Kier alpha value is -1.72. The van der Waals surface area contributed by atoms with Crippen molar-refractivity contribution in [1.29, 1.82) is 0 Å². The summed E-state index contributed by atoms with van der Waals surface area (Å²) in [5, 5.41) is 14.2. The van der Waals surface area contributed by atoms with Gasteiger partial charge in [0.05, 0.1) is 4.92 Å². The minimum atomic E-state index is -0.372. The fourth-order valence-corrected chi connectivity index (χ4v) is 2.34. The molecule has 0 saturated heterocycles. The van der Waals surface area contributed by atoms with Gasteiger partial charge in [0.15, 0.2) is 0 Å². The normalized spacial score (nSPS) is 11.4. The van der Waals surface area contributed by atoms with E-state index in [1.807, 2.05) is 18.2 Å². The summed E-state index contributed by atoms with van der Waals surface area (Å²) in [4.78, 5) is 10.4. The Kier molecular flexibility index (Phi) is 4.75. The first-order chi connectivity index (χ1) is 9.88. The highest BCUT2D eigenvalue weighted by Gasteiger charge is 2.19. The van der Waals surface area contributed by atoms with E-state index in [9.17, 15) is 10.1 Å². The molecule has 2 rings (SSSR count). The molecule has 4 nitrogen and oxygen atoms in total. The summed E-state index contributed by atoms with van der Waals surface area (Å²) >= 11 is 3.43. The van der Waals surface area contributed by atoms with Crippen LogP contribution >= 0.6 is 15.9 Å². The summed E-state index contributed by atoms with van der Waals surface area (Å²) < 4.78 is 1.04. The van der Waals surface area contributed by atoms with E-state index in [4.69, 9.17) is 0 Å². The second-order valence-corrected chi connectivity index (χ2v) is 6.33. The molecule has 2 aromatic rings. The molecule has 0 aromatic heterocycles. The smallest absolute Gasteiger partial charge is 0.269 e. The Morgan fingerprint density at radius 3 is 2.48 bits per heavy atom. The maximum absolute atomic E-state index is 10.8. The molecule has 0 heterocycles. The van der Waals surface area contributed by atoms with Crippen molar-refractivity contribution >= 4 is 21.6 Å². The highest BCUT2D eigenvalue weighted by atomic mass is 79.9. The van der Waals surface area contributed by atoms with Gasteiger partial charge in [-0.15, -0.1) is 0 Å². The average molecular weight is 349 g/mol. The third-order valence-corrected chi connectivity index (χ3v) is 3.95. The maximum atomic E-state index is 10.8. The van der Waals surface area contributed by atoms with Crippen LogP contribution in [0.25, 0.3) is 0 Å². The van der Waals surface area contributed by atoms with Crippen molar-refractivity contribution in [3.63, 3.8) is 0 Å². The van der Waals surface area contributed by atoms with Gasteiger partial charge in [0.25, 0.3) is 5.69 Å². The van der Waals surface area contributed by atoms with Gasteiger partial charge in [0.1, 0.15) is 0 Å². The monoisotopic (exact) mass is 348 g/mol. The van der Waals surface area contributed by atoms with Crippen molar-refractivity contribution in [2.45, 2.75) is 25.9 Å². The highest BCUT2D eigenvalue weighted by molar-refractivity contribution is 9.10. The third kappa shape index (κ3) is 4.12. The first-order valence-electron chi connectivity index (χ1n) is 6.63. The third-order valence-electron chi connectivity index (χ3n) is 3.42. The number of hydrogen-bond acceptors (Lipinski definition) is 3. The molecule has 2 aromatic carbocycles. The summed E-state index contributed by atoms with van der Waals surface area (Å²) in [7, 11) is 0. The summed E-state index contributed by atoms with van der Waals surface area (Å²) in [6.45, 7) is 4.76. The van der Waals surface area contributed by atoms with E-state index in [1.54, 1.807) is 12.1 Å². The fourth-order valence-electron chi connectivity index (χ4n) is 2.07. The van der Waals surface area contributed by atoms with Gasteiger partial charge in [-0.2, -0.15) is 0 Å². The zero-order valence-electron chi connectivity index (χ0n) is 12.0. The Morgan fingerprint density at radius 1 is 1.19 bits per heavy atom. The molecule has 0 aliphatic rings. The topological polar surface area (TPSA) is 55.2 Å². The predicted molar refractivity (Wildman–Crippen MR) is 87.1 cm³/mol. The quantitative estimate of drug-likeness (QED) is 0.644. The molecule has 110 valence electrons. The SMILES string of the molecule is CC(C)(NCc1cccc([N+](=O)[O-])c1)c1ccc(Br)cc1. The molecule has 1 N–H and O–H groups in total. The van der Waals surface area contributed by atoms with Crippen LogP contribution in [-0.4, -0.2) is 4.92 Å². The molecule has 0 amide bonds. The Morgan fingerprint density at radius 2 is 1.86 bits per heavy atom. The number of nitrogens with zero attached hydrogens (tertiary/aromatic N) is 1. The van der Waals surface area contributed by atoms with Crippen LogP contribution in [-0.2, 0) is 12.1 Å². The van der Waals surface area contributed by atoms with Gasteiger partial charge < -0.3 is 5.32 Å². The van der Waals surface area contributed by atoms with Gasteiger partial charge in [0.2, 0.25) is 0 Å². The molecule has 0 saturated carbocycles.